The lowest BCUT2D eigenvalue weighted by atomic mass is 9.88. The van der Waals surface area contributed by atoms with Gasteiger partial charge < -0.3 is 21.5 Å². The van der Waals surface area contributed by atoms with Crippen molar-refractivity contribution in [3.8, 4) is 5.75 Å². The largest absolute Gasteiger partial charge is 0.485 e. The minimum Gasteiger partial charge on any atom is -0.485 e. The highest BCUT2D eigenvalue weighted by atomic mass is 35.5. The fourth-order valence-corrected chi connectivity index (χ4v) is 3.94. The van der Waals surface area contributed by atoms with E-state index in [1.807, 2.05) is 42.5 Å². The van der Waals surface area contributed by atoms with Gasteiger partial charge in [0.2, 0.25) is 5.95 Å². The average Bonchev–Trinajstić information content (AvgIpc) is 2.67. The third-order valence-electron chi connectivity index (χ3n) is 5.01. The second kappa shape index (κ2) is 7.58. The van der Waals surface area contributed by atoms with E-state index < -0.39 is 0 Å². The molecule has 1 aromatic heterocycles. The number of aromatic nitrogens is 2. The maximum atomic E-state index is 6.54. The van der Waals surface area contributed by atoms with Crippen LogP contribution in [0.15, 0.2) is 42.5 Å². The Hall–Kier alpha value is -2.57. The number of nitrogens with two attached hydrogens (primary N) is 2. The van der Waals surface area contributed by atoms with E-state index in [1.165, 1.54) is 0 Å². The molecule has 3 aromatic rings. The van der Waals surface area contributed by atoms with Crippen molar-refractivity contribution in [3.63, 3.8) is 0 Å². The predicted octanol–water partition coefficient (Wildman–Crippen LogP) is 3.57. The maximum absolute atomic E-state index is 6.54. The lowest BCUT2D eigenvalue weighted by molar-refractivity contribution is 0.114. The highest BCUT2D eigenvalue weighted by Crippen LogP contribution is 2.39. The number of anilines is 2. The molecule has 1 saturated heterocycles. The summed E-state index contributed by atoms with van der Waals surface area (Å²) in [7, 11) is 0. The Balaban J connectivity index is 1.78. The number of rotatable bonds is 4. The van der Waals surface area contributed by atoms with E-state index in [0.717, 1.165) is 31.5 Å². The third-order valence-corrected chi connectivity index (χ3v) is 5.35. The summed E-state index contributed by atoms with van der Waals surface area (Å²) in [5.41, 5.74) is 13.5. The van der Waals surface area contributed by atoms with Gasteiger partial charge in [0, 0.05) is 16.5 Å². The Kier molecular flexibility index (Phi) is 5.01. The Morgan fingerprint density at radius 3 is 2.59 bits per heavy atom. The van der Waals surface area contributed by atoms with E-state index >= 15 is 0 Å². The Morgan fingerprint density at radius 1 is 1.04 bits per heavy atom. The Morgan fingerprint density at radius 2 is 1.81 bits per heavy atom. The monoisotopic (exact) mass is 383 g/mol. The van der Waals surface area contributed by atoms with Crippen LogP contribution in [0.25, 0.3) is 10.9 Å². The molecule has 1 atom stereocenters. The number of nitrogens with one attached hydrogen (secondary N) is 1. The standard InChI is InChI=1S/C20H22ClN5O/c21-14-5-2-1-4-13(14)18(12-8-10-24-11-9-12)27-16-7-3-6-15-17(16)19(22)26-20(23)25-15/h1-7,12,18,24H,8-11H2,(H4,22,23,25,26). The smallest absolute Gasteiger partial charge is 0.222 e. The van der Waals surface area contributed by atoms with Gasteiger partial charge in [0.1, 0.15) is 17.7 Å². The summed E-state index contributed by atoms with van der Waals surface area (Å²) in [5.74, 6) is 1.46. The summed E-state index contributed by atoms with van der Waals surface area (Å²) in [6, 6.07) is 13.5. The summed E-state index contributed by atoms with van der Waals surface area (Å²) >= 11 is 6.51. The Labute approximate surface area is 162 Å². The van der Waals surface area contributed by atoms with Crippen LogP contribution in [0.2, 0.25) is 5.02 Å². The van der Waals surface area contributed by atoms with Gasteiger partial charge in [0.15, 0.2) is 0 Å². The number of hydrogen-bond acceptors (Lipinski definition) is 6. The van der Waals surface area contributed by atoms with Crippen LogP contribution < -0.4 is 21.5 Å². The number of piperidine rings is 1. The van der Waals surface area contributed by atoms with Crippen molar-refractivity contribution in [2.75, 3.05) is 24.6 Å². The molecule has 6 nitrogen and oxygen atoms in total. The molecule has 7 heteroatoms. The van der Waals surface area contributed by atoms with Crippen LogP contribution in [0.5, 0.6) is 5.75 Å². The van der Waals surface area contributed by atoms with Gasteiger partial charge >= 0.3 is 0 Å². The quantitative estimate of drug-likeness (QED) is 0.637. The number of nitrogen functional groups attached to an aromatic ring is 2. The summed E-state index contributed by atoms with van der Waals surface area (Å²) in [6.45, 7) is 1.93. The number of nitrogens with zero attached hydrogens (tertiary/aromatic N) is 2. The van der Waals surface area contributed by atoms with Gasteiger partial charge in [0.05, 0.1) is 10.9 Å². The number of benzene rings is 2. The van der Waals surface area contributed by atoms with Crippen LogP contribution in [0.1, 0.15) is 24.5 Å². The zero-order valence-corrected chi connectivity index (χ0v) is 15.6. The van der Waals surface area contributed by atoms with Crippen LogP contribution >= 0.6 is 11.6 Å². The third kappa shape index (κ3) is 3.63. The zero-order chi connectivity index (χ0) is 18.8. The number of halogens is 1. The number of ether oxygens (including phenoxy) is 1. The van der Waals surface area contributed by atoms with E-state index in [2.05, 4.69) is 15.3 Å². The van der Waals surface area contributed by atoms with Crippen LogP contribution in [-0.2, 0) is 0 Å². The number of fused-ring (bicyclic) bond motifs is 1. The number of hydrogen-bond donors (Lipinski definition) is 3. The molecule has 0 amide bonds. The summed E-state index contributed by atoms with van der Waals surface area (Å²) in [6.07, 6.45) is 1.85. The molecular formula is C20H22ClN5O. The van der Waals surface area contributed by atoms with E-state index in [1.54, 1.807) is 0 Å². The van der Waals surface area contributed by atoms with Crippen LogP contribution in [-0.4, -0.2) is 23.1 Å². The van der Waals surface area contributed by atoms with E-state index in [-0.39, 0.29) is 12.1 Å². The topological polar surface area (TPSA) is 99.1 Å². The van der Waals surface area contributed by atoms with Crippen molar-refractivity contribution in [2.24, 2.45) is 5.92 Å². The predicted molar refractivity (Wildman–Crippen MR) is 109 cm³/mol. The van der Waals surface area contributed by atoms with Crippen molar-refractivity contribution in [1.29, 1.82) is 0 Å². The molecule has 2 aromatic carbocycles. The summed E-state index contributed by atoms with van der Waals surface area (Å²) < 4.78 is 6.54. The van der Waals surface area contributed by atoms with Crippen molar-refractivity contribution in [2.45, 2.75) is 18.9 Å². The van der Waals surface area contributed by atoms with Crippen LogP contribution in [0.4, 0.5) is 11.8 Å². The summed E-state index contributed by atoms with van der Waals surface area (Å²) in [4.78, 5) is 8.38. The molecule has 0 spiro atoms. The SMILES string of the molecule is Nc1nc(N)c2c(OC(c3ccccc3Cl)C3CCNCC3)cccc2n1. The molecular weight excluding hydrogens is 362 g/mol. The normalized spacial score (nSPS) is 16.3. The van der Waals surface area contributed by atoms with Crippen LogP contribution in [0, 0.1) is 5.92 Å². The molecule has 2 heterocycles. The van der Waals surface area contributed by atoms with Crippen molar-refractivity contribution in [1.82, 2.24) is 15.3 Å². The molecule has 140 valence electrons. The van der Waals surface area contributed by atoms with Gasteiger partial charge in [-0.15, -0.1) is 0 Å². The molecule has 0 radical (unpaired) electrons. The fraction of sp³-hybridized carbons (Fsp3) is 0.300. The van der Waals surface area contributed by atoms with Gasteiger partial charge in [-0.2, -0.15) is 4.98 Å². The lowest BCUT2D eigenvalue weighted by Crippen LogP contribution is -2.32. The first-order valence-corrected chi connectivity index (χ1v) is 9.45. The molecule has 0 aliphatic carbocycles. The molecule has 1 aliphatic heterocycles. The minimum atomic E-state index is -0.177. The Bertz CT molecular complexity index is 958. The molecule has 0 saturated carbocycles. The van der Waals surface area contributed by atoms with Crippen molar-refractivity contribution < 1.29 is 4.74 Å². The molecule has 0 bridgehead atoms. The van der Waals surface area contributed by atoms with Gasteiger partial charge in [0.25, 0.3) is 0 Å². The first kappa shape index (κ1) is 17.8. The maximum Gasteiger partial charge on any atom is 0.222 e. The van der Waals surface area contributed by atoms with Crippen LogP contribution in [0.3, 0.4) is 0 Å². The fourth-order valence-electron chi connectivity index (χ4n) is 3.70. The van der Waals surface area contributed by atoms with Gasteiger partial charge in [-0.3, -0.25) is 0 Å². The van der Waals surface area contributed by atoms with E-state index in [0.29, 0.717) is 33.4 Å². The van der Waals surface area contributed by atoms with Gasteiger partial charge in [-0.25, -0.2) is 4.98 Å². The lowest BCUT2D eigenvalue weighted by Gasteiger charge is -2.32. The first-order valence-electron chi connectivity index (χ1n) is 9.07. The van der Waals surface area contributed by atoms with E-state index in [9.17, 15) is 0 Å². The van der Waals surface area contributed by atoms with E-state index in [4.69, 9.17) is 27.8 Å². The molecule has 27 heavy (non-hydrogen) atoms. The molecule has 4 rings (SSSR count). The van der Waals surface area contributed by atoms with Gasteiger partial charge in [-0.05, 0) is 44.1 Å². The first-order chi connectivity index (χ1) is 13.1. The van der Waals surface area contributed by atoms with Gasteiger partial charge in [-0.1, -0.05) is 35.9 Å². The molecule has 1 unspecified atom stereocenters. The highest BCUT2D eigenvalue weighted by Gasteiger charge is 2.29. The molecule has 5 N–H and O–H groups in total. The summed E-state index contributed by atoms with van der Waals surface area (Å²) in [5, 5.41) is 4.78. The zero-order valence-electron chi connectivity index (χ0n) is 14.9. The minimum absolute atomic E-state index is 0.151. The second-order valence-electron chi connectivity index (χ2n) is 6.76. The molecule has 1 fully saturated rings. The molecule has 1 aliphatic rings. The highest BCUT2D eigenvalue weighted by molar-refractivity contribution is 6.31. The second-order valence-corrected chi connectivity index (χ2v) is 7.17. The van der Waals surface area contributed by atoms with Crippen molar-refractivity contribution in [3.05, 3.63) is 53.1 Å². The average molecular weight is 384 g/mol. The van der Waals surface area contributed by atoms with Crippen molar-refractivity contribution >= 4 is 34.3 Å².